The highest BCUT2D eigenvalue weighted by Gasteiger charge is 2.14. The summed E-state index contributed by atoms with van der Waals surface area (Å²) in [6, 6.07) is 12.1. The van der Waals surface area contributed by atoms with E-state index in [1.165, 1.54) is 16.7 Å². The van der Waals surface area contributed by atoms with Gasteiger partial charge in [0.2, 0.25) is 0 Å². The zero-order valence-electron chi connectivity index (χ0n) is 10.9. The minimum absolute atomic E-state index is 0.584. The molecule has 1 atom stereocenters. The summed E-state index contributed by atoms with van der Waals surface area (Å²) in [4.78, 5) is 0. The van der Waals surface area contributed by atoms with Crippen molar-refractivity contribution in [2.45, 2.75) is 26.9 Å². The van der Waals surface area contributed by atoms with Crippen LogP contribution in [-0.4, -0.2) is 5.11 Å². The molecule has 1 unspecified atom stereocenters. The van der Waals surface area contributed by atoms with Gasteiger partial charge in [0.15, 0.2) is 0 Å². The van der Waals surface area contributed by atoms with Crippen LogP contribution in [0.25, 0.3) is 0 Å². The van der Waals surface area contributed by atoms with Crippen molar-refractivity contribution >= 4 is 15.9 Å². The van der Waals surface area contributed by atoms with E-state index in [1.807, 2.05) is 37.3 Å². The molecule has 2 aromatic rings. The molecular weight excluding hydrogens is 288 g/mol. The van der Waals surface area contributed by atoms with Gasteiger partial charge in [-0.2, -0.15) is 0 Å². The van der Waals surface area contributed by atoms with Crippen molar-refractivity contribution < 1.29 is 5.11 Å². The average Bonchev–Trinajstić information content (AvgIpc) is 2.32. The molecule has 0 saturated heterocycles. The summed E-state index contributed by atoms with van der Waals surface area (Å²) in [5.74, 6) is 0. The standard InChI is InChI=1S/C16H17BrO/c1-10-4-7-14(15(17)8-10)16(18)13-6-5-11(2)12(3)9-13/h4-9,16,18H,1-3H3. The fourth-order valence-corrected chi connectivity index (χ4v) is 2.68. The van der Waals surface area contributed by atoms with Crippen LogP contribution >= 0.6 is 15.9 Å². The molecule has 0 aliphatic heterocycles. The van der Waals surface area contributed by atoms with E-state index < -0.39 is 6.10 Å². The molecule has 0 heterocycles. The first kappa shape index (κ1) is 13.3. The molecule has 94 valence electrons. The minimum Gasteiger partial charge on any atom is -0.384 e. The van der Waals surface area contributed by atoms with Gasteiger partial charge in [0.05, 0.1) is 0 Å². The molecule has 2 heteroatoms. The Balaban J connectivity index is 2.41. The second kappa shape index (κ2) is 5.25. The highest BCUT2D eigenvalue weighted by atomic mass is 79.9. The summed E-state index contributed by atoms with van der Waals surface area (Å²) in [6.07, 6.45) is -0.584. The number of aryl methyl sites for hydroxylation is 3. The topological polar surface area (TPSA) is 20.2 Å². The van der Waals surface area contributed by atoms with Crippen LogP contribution in [0.3, 0.4) is 0 Å². The first-order valence-electron chi connectivity index (χ1n) is 6.00. The van der Waals surface area contributed by atoms with E-state index in [0.717, 1.165) is 15.6 Å². The van der Waals surface area contributed by atoms with Gasteiger partial charge in [-0.3, -0.25) is 0 Å². The number of rotatable bonds is 2. The van der Waals surface area contributed by atoms with Gasteiger partial charge in [0, 0.05) is 4.47 Å². The highest BCUT2D eigenvalue weighted by molar-refractivity contribution is 9.10. The van der Waals surface area contributed by atoms with Crippen LogP contribution < -0.4 is 0 Å². The zero-order chi connectivity index (χ0) is 13.3. The van der Waals surface area contributed by atoms with Gasteiger partial charge in [-0.25, -0.2) is 0 Å². The lowest BCUT2D eigenvalue weighted by molar-refractivity contribution is 0.219. The molecule has 0 aliphatic carbocycles. The SMILES string of the molecule is Cc1ccc(C(O)c2ccc(C)c(C)c2)c(Br)c1. The largest absolute Gasteiger partial charge is 0.384 e. The normalized spacial score (nSPS) is 12.5. The average molecular weight is 305 g/mol. The molecule has 0 saturated carbocycles. The Kier molecular flexibility index (Phi) is 3.88. The summed E-state index contributed by atoms with van der Waals surface area (Å²) in [5, 5.41) is 10.4. The Morgan fingerprint density at radius 2 is 1.67 bits per heavy atom. The molecule has 0 bridgehead atoms. The van der Waals surface area contributed by atoms with Crippen LogP contribution in [0.15, 0.2) is 40.9 Å². The molecular formula is C16H17BrO. The van der Waals surface area contributed by atoms with Crippen molar-refractivity contribution in [3.63, 3.8) is 0 Å². The summed E-state index contributed by atoms with van der Waals surface area (Å²) >= 11 is 3.52. The van der Waals surface area contributed by atoms with Gasteiger partial charge < -0.3 is 5.11 Å². The molecule has 18 heavy (non-hydrogen) atoms. The maximum atomic E-state index is 10.4. The Bertz CT molecular complexity index is 575. The van der Waals surface area contributed by atoms with Crippen molar-refractivity contribution in [2.24, 2.45) is 0 Å². The van der Waals surface area contributed by atoms with Crippen LogP contribution in [0.1, 0.15) is 33.9 Å². The van der Waals surface area contributed by atoms with Crippen molar-refractivity contribution in [1.29, 1.82) is 0 Å². The quantitative estimate of drug-likeness (QED) is 0.868. The summed E-state index contributed by atoms with van der Waals surface area (Å²) < 4.78 is 0.952. The molecule has 0 aliphatic rings. The van der Waals surface area contributed by atoms with Gasteiger partial charge in [-0.15, -0.1) is 0 Å². The van der Waals surface area contributed by atoms with Gasteiger partial charge in [0.1, 0.15) is 6.10 Å². The molecule has 0 aromatic heterocycles. The molecule has 1 N–H and O–H groups in total. The molecule has 2 rings (SSSR count). The van der Waals surface area contributed by atoms with Gasteiger partial charge in [0.25, 0.3) is 0 Å². The van der Waals surface area contributed by atoms with E-state index in [4.69, 9.17) is 0 Å². The van der Waals surface area contributed by atoms with E-state index in [0.29, 0.717) is 0 Å². The monoisotopic (exact) mass is 304 g/mol. The Morgan fingerprint density at radius 1 is 0.944 bits per heavy atom. The predicted molar refractivity (Wildman–Crippen MR) is 78.9 cm³/mol. The van der Waals surface area contributed by atoms with Crippen molar-refractivity contribution in [2.75, 3.05) is 0 Å². The number of aliphatic hydroxyl groups excluding tert-OH is 1. The number of halogens is 1. The summed E-state index contributed by atoms with van der Waals surface area (Å²) in [5.41, 5.74) is 5.47. The Labute approximate surface area is 117 Å². The van der Waals surface area contributed by atoms with E-state index in [2.05, 4.69) is 35.8 Å². The lowest BCUT2D eigenvalue weighted by atomic mass is 9.97. The van der Waals surface area contributed by atoms with Crippen molar-refractivity contribution in [1.82, 2.24) is 0 Å². The fourth-order valence-electron chi connectivity index (χ4n) is 1.97. The number of benzene rings is 2. The molecule has 0 spiro atoms. The molecule has 1 nitrogen and oxygen atoms in total. The van der Waals surface area contributed by atoms with Crippen LogP contribution in [-0.2, 0) is 0 Å². The third-order valence-electron chi connectivity index (χ3n) is 3.30. The predicted octanol–water partition coefficient (Wildman–Crippen LogP) is 4.46. The third kappa shape index (κ3) is 2.65. The number of hydrogen-bond donors (Lipinski definition) is 1. The van der Waals surface area contributed by atoms with Crippen LogP contribution in [0.5, 0.6) is 0 Å². The molecule has 0 fully saturated rings. The minimum atomic E-state index is -0.584. The number of hydrogen-bond acceptors (Lipinski definition) is 1. The first-order chi connectivity index (χ1) is 8.49. The Morgan fingerprint density at radius 3 is 2.28 bits per heavy atom. The lowest BCUT2D eigenvalue weighted by Crippen LogP contribution is -2.01. The zero-order valence-corrected chi connectivity index (χ0v) is 12.5. The molecule has 0 amide bonds. The van der Waals surface area contributed by atoms with Gasteiger partial charge in [-0.1, -0.05) is 46.3 Å². The number of aliphatic hydroxyl groups is 1. The van der Waals surface area contributed by atoms with Crippen LogP contribution in [0.2, 0.25) is 0 Å². The van der Waals surface area contributed by atoms with E-state index in [1.54, 1.807) is 0 Å². The fraction of sp³-hybridized carbons (Fsp3) is 0.250. The maximum Gasteiger partial charge on any atom is 0.105 e. The second-order valence-electron chi connectivity index (χ2n) is 4.77. The van der Waals surface area contributed by atoms with Crippen LogP contribution in [0, 0.1) is 20.8 Å². The molecule has 2 aromatic carbocycles. The second-order valence-corrected chi connectivity index (χ2v) is 5.63. The van der Waals surface area contributed by atoms with Crippen molar-refractivity contribution in [3.05, 3.63) is 68.7 Å². The van der Waals surface area contributed by atoms with E-state index >= 15 is 0 Å². The van der Waals surface area contributed by atoms with E-state index in [-0.39, 0.29) is 0 Å². The lowest BCUT2D eigenvalue weighted by Gasteiger charge is -2.15. The highest BCUT2D eigenvalue weighted by Crippen LogP contribution is 2.30. The maximum absolute atomic E-state index is 10.4. The van der Waals surface area contributed by atoms with Gasteiger partial charge >= 0.3 is 0 Å². The Hall–Kier alpha value is -1.12. The van der Waals surface area contributed by atoms with Crippen molar-refractivity contribution in [3.8, 4) is 0 Å². The third-order valence-corrected chi connectivity index (χ3v) is 3.98. The van der Waals surface area contributed by atoms with E-state index in [9.17, 15) is 5.11 Å². The first-order valence-corrected chi connectivity index (χ1v) is 6.79. The van der Waals surface area contributed by atoms with Gasteiger partial charge in [-0.05, 0) is 54.7 Å². The molecule has 0 radical (unpaired) electrons. The smallest absolute Gasteiger partial charge is 0.105 e. The summed E-state index contributed by atoms with van der Waals surface area (Å²) in [6.45, 7) is 6.18. The van der Waals surface area contributed by atoms with Crippen LogP contribution in [0.4, 0.5) is 0 Å². The summed E-state index contributed by atoms with van der Waals surface area (Å²) in [7, 11) is 0.